The van der Waals surface area contributed by atoms with Crippen LogP contribution in [-0.2, 0) is 6.61 Å². The molecule has 5 rings (SSSR count). The van der Waals surface area contributed by atoms with Crippen LogP contribution in [0.1, 0.15) is 21.5 Å². The minimum Gasteiger partial charge on any atom is -0.497 e. The first kappa shape index (κ1) is 25.8. The lowest BCUT2D eigenvalue weighted by Crippen LogP contribution is -2.17. The van der Waals surface area contributed by atoms with Gasteiger partial charge >= 0.3 is 0 Å². The average Bonchev–Trinajstić information content (AvgIpc) is 3.42. The summed E-state index contributed by atoms with van der Waals surface area (Å²) < 4.78 is 12.9. The second-order valence-electron chi connectivity index (χ2n) is 8.58. The highest BCUT2D eigenvalue weighted by Gasteiger charge is 2.12. The van der Waals surface area contributed by atoms with E-state index in [9.17, 15) is 4.79 Å². The van der Waals surface area contributed by atoms with Gasteiger partial charge < -0.3 is 9.47 Å². The van der Waals surface area contributed by atoms with Gasteiger partial charge in [0.05, 0.1) is 19.0 Å². The van der Waals surface area contributed by atoms with Crippen LogP contribution >= 0.6 is 11.6 Å². The summed E-state index contributed by atoms with van der Waals surface area (Å²) in [4.78, 5) is 12.7. The zero-order valence-electron chi connectivity index (χ0n) is 21.1. The van der Waals surface area contributed by atoms with E-state index < -0.39 is 0 Å². The Morgan fingerprint density at radius 1 is 0.923 bits per heavy atom. The highest BCUT2D eigenvalue weighted by Crippen LogP contribution is 2.25. The van der Waals surface area contributed by atoms with Crippen LogP contribution in [0.15, 0.2) is 114 Å². The first-order chi connectivity index (χ1) is 19.1. The van der Waals surface area contributed by atoms with Crippen LogP contribution in [0.3, 0.4) is 0 Å². The summed E-state index contributed by atoms with van der Waals surface area (Å²) >= 11 is 5.92. The van der Waals surface area contributed by atoms with Crippen molar-refractivity contribution in [1.82, 2.24) is 15.2 Å². The number of hydrazone groups is 1. The molecular weight excluding hydrogens is 512 g/mol. The third-order valence-electron chi connectivity index (χ3n) is 5.93. The standard InChI is InChI=1S/C31H25ClN4O3/c1-38-28-15-9-23(10-16-28)30-25(20-36(35-30)27-5-3-2-4-6-27)19-33-34-31(37)24-11-17-29(18-12-24)39-21-22-7-13-26(32)14-8-22/h2-20H,21H2,1H3,(H,34,37)/b33-19-. The van der Waals surface area contributed by atoms with E-state index in [0.29, 0.717) is 22.9 Å². The highest BCUT2D eigenvalue weighted by atomic mass is 35.5. The smallest absolute Gasteiger partial charge is 0.271 e. The number of nitrogens with zero attached hydrogens (tertiary/aromatic N) is 3. The Morgan fingerprint density at radius 3 is 2.31 bits per heavy atom. The van der Waals surface area contributed by atoms with Crippen LogP contribution in [0.5, 0.6) is 11.5 Å². The number of halogens is 1. The van der Waals surface area contributed by atoms with Gasteiger partial charge in [-0.05, 0) is 78.4 Å². The molecule has 1 N–H and O–H groups in total. The lowest BCUT2D eigenvalue weighted by molar-refractivity contribution is 0.0955. The number of carbonyl (C=O) groups is 1. The molecule has 5 aromatic rings. The SMILES string of the molecule is COc1ccc(-c2nn(-c3ccccc3)cc2/C=N\NC(=O)c2ccc(OCc3ccc(Cl)cc3)cc2)cc1. The number of nitrogens with one attached hydrogen (secondary N) is 1. The van der Waals surface area contributed by atoms with E-state index in [1.165, 1.54) is 0 Å². The van der Waals surface area contributed by atoms with Gasteiger partial charge in [-0.25, -0.2) is 10.1 Å². The summed E-state index contributed by atoms with van der Waals surface area (Å²) in [6, 6.07) is 31.8. The first-order valence-corrected chi connectivity index (χ1v) is 12.6. The van der Waals surface area contributed by atoms with E-state index in [2.05, 4.69) is 10.5 Å². The number of amides is 1. The van der Waals surface area contributed by atoms with Crippen molar-refractivity contribution >= 4 is 23.7 Å². The number of aromatic nitrogens is 2. The largest absolute Gasteiger partial charge is 0.497 e. The minimum absolute atomic E-state index is 0.336. The fourth-order valence-corrected chi connectivity index (χ4v) is 3.97. The van der Waals surface area contributed by atoms with Crippen molar-refractivity contribution in [2.75, 3.05) is 7.11 Å². The van der Waals surface area contributed by atoms with Gasteiger partial charge in [-0.2, -0.15) is 10.2 Å². The number of hydrogen-bond donors (Lipinski definition) is 1. The van der Waals surface area contributed by atoms with Gasteiger partial charge in [0.15, 0.2) is 0 Å². The van der Waals surface area contributed by atoms with E-state index >= 15 is 0 Å². The fraction of sp³-hybridized carbons (Fsp3) is 0.0645. The fourth-order valence-electron chi connectivity index (χ4n) is 3.84. The van der Waals surface area contributed by atoms with Crippen LogP contribution < -0.4 is 14.9 Å². The van der Waals surface area contributed by atoms with Gasteiger partial charge in [-0.3, -0.25) is 4.79 Å². The van der Waals surface area contributed by atoms with Crippen LogP contribution in [0.2, 0.25) is 5.02 Å². The predicted octanol–water partition coefficient (Wildman–Crippen LogP) is 6.54. The molecule has 0 radical (unpaired) electrons. The molecule has 4 aromatic carbocycles. The van der Waals surface area contributed by atoms with Crippen LogP contribution in [0.4, 0.5) is 0 Å². The maximum atomic E-state index is 12.7. The van der Waals surface area contributed by atoms with Crippen molar-refractivity contribution in [3.05, 3.63) is 131 Å². The summed E-state index contributed by atoms with van der Waals surface area (Å²) in [6.45, 7) is 0.403. The molecule has 1 aromatic heterocycles. The van der Waals surface area contributed by atoms with Gasteiger partial charge in [0.2, 0.25) is 0 Å². The number of rotatable bonds is 9. The molecule has 194 valence electrons. The number of carbonyl (C=O) groups excluding carboxylic acids is 1. The van der Waals surface area contributed by atoms with E-state index in [0.717, 1.165) is 33.8 Å². The molecule has 0 saturated heterocycles. The molecule has 0 atom stereocenters. The number of methoxy groups -OCH3 is 1. The van der Waals surface area contributed by atoms with E-state index in [1.54, 1.807) is 42.3 Å². The van der Waals surface area contributed by atoms with Crippen molar-refractivity contribution in [1.29, 1.82) is 0 Å². The molecule has 0 bridgehead atoms. The number of para-hydroxylation sites is 1. The van der Waals surface area contributed by atoms with Crippen LogP contribution in [0, 0.1) is 0 Å². The van der Waals surface area contributed by atoms with Crippen molar-refractivity contribution in [2.24, 2.45) is 5.10 Å². The Morgan fingerprint density at radius 2 is 1.62 bits per heavy atom. The Kier molecular flexibility index (Phi) is 8.00. The summed E-state index contributed by atoms with van der Waals surface area (Å²) in [6.07, 6.45) is 3.46. The van der Waals surface area contributed by atoms with Gasteiger partial charge in [0, 0.05) is 27.9 Å². The average molecular weight is 537 g/mol. The van der Waals surface area contributed by atoms with Crippen LogP contribution in [-0.4, -0.2) is 29.0 Å². The monoisotopic (exact) mass is 536 g/mol. The van der Waals surface area contributed by atoms with E-state index in [1.807, 2.05) is 85.1 Å². The molecular formula is C31H25ClN4O3. The molecule has 0 spiro atoms. The second-order valence-corrected chi connectivity index (χ2v) is 9.02. The number of hydrogen-bond acceptors (Lipinski definition) is 5. The number of ether oxygens (including phenoxy) is 2. The van der Waals surface area contributed by atoms with Crippen molar-refractivity contribution in [3.8, 4) is 28.4 Å². The zero-order valence-corrected chi connectivity index (χ0v) is 21.9. The Labute approximate surface area is 231 Å². The Bertz CT molecular complexity index is 1560. The van der Waals surface area contributed by atoms with Crippen molar-refractivity contribution in [3.63, 3.8) is 0 Å². The highest BCUT2D eigenvalue weighted by molar-refractivity contribution is 6.30. The summed E-state index contributed by atoms with van der Waals surface area (Å²) in [5.74, 6) is 1.07. The molecule has 0 fully saturated rings. The maximum Gasteiger partial charge on any atom is 0.271 e. The molecule has 1 amide bonds. The van der Waals surface area contributed by atoms with Gasteiger partial charge in [0.25, 0.3) is 5.91 Å². The first-order valence-electron chi connectivity index (χ1n) is 12.2. The van der Waals surface area contributed by atoms with E-state index in [-0.39, 0.29) is 5.91 Å². The molecule has 0 unspecified atom stereocenters. The molecule has 1 heterocycles. The molecule has 0 aliphatic carbocycles. The molecule has 0 saturated carbocycles. The molecule has 0 aliphatic rings. The van der Waals surface area contributed by atoms with E-state index in [4.69, 9.17) is 26.2 Å². The van der Waals surface area contributed by atoms with Gasteiger partial charge in [-0.15, -0.1) is 0 Å². The van der Waals surface area contributed by atoms with Gasteiger partial charge in [0.1, 0.15) is 23.8 Å². The van der Waals surface area contributed by atoms with Crippen molar-refractivity contribution in [2.45, 2.75) is 6.61 Å². The summed E-state index contributed by atoms with van der Waals surface area (Å²) in [5, 5.41) is 9.65. The summed E-state index contributed by atoms with van der Waals surface area (Å²) in [7, 11) is 1.63. The molecule has 39 heavy (non-hydrogen) atoms. The molecule has 0 aliphatic heterocycles. The third kappa shape index (κ3) is 6.52. The Hall–Kier alpha value is -4.88. The normalized spacial score (nSPS) is 10.9. The predicted molar refractivity (Wildman–Crippen MR) is 153 cm³/mol. The van der Waals surface area contributed by atoms with Crippen LogP contribution in [0.25, 0.3) is 16.9 Å². The molecule has 8 heteroatoms. The lowest BCUT2D eigenvalue weighted by atomic mass is 10.1. The lowest BCUT2D eigenvalue weighted by Gasteiger charge is -2.07. The Balaban J connectivity index is 1.27. The summed E-state index contributed by atoms with van der Waals surface area (Å²) in [5.41, 5.74) is 7.33. The van der Waals surface area contributed by atoms with Crippen molar-refractivity contribution < 1.29 is 14.3 Å². The third-order valence-corrected chi connectivity index (χ3v) is 6.18. The van der Waals surface area contributed by atoms with Gasteiger partial charge in [-0.1, -0.05) is 41.9 Å². The molecule has 7 nitrogen and oxygen atoms in total. The quantitative estimate of drug-likeness (QED) is 0.171. The maximum absolute atomic E-state index is 12.7. The number of benzene rings is 4. The topological polar surface area (TPSA) is 77.7 Å². The zero-order chi connectivity index (χ0) is 27.0. The minimum atomic E-state index is -0.336. The second kappa shape index (κ2) is 12.1.